The third-order valence-corrected chi connectivity index (χ3v) is 3.67. The molecule has 21 heavy (non-hydrogen) atoms. The highest BCUT2D eigenvalue weighted by Gasteiger charge is 2.25. The van der Waals surface area contributed by atoms with E-state index >= 15 is 0 Å². The van der Waals surface area contributed by atoms with E-state index in [0.717, 1.165) is 18.7 Å². The fourth-order valence-electron chi connectivity index (χ4n) is 2.48. The number of hydrogen-bond donors (Lipinski definition) is 4. The Morgan fingerprint density at radius 3 is 2.62 bits per heavy atom. The van der Waals surface area contributed by atoms with Crippen LogP contribution in [-0.2, 0) is 4.79 Å². The molecule has 1 heterocycles. The van der Waals surface area contributed by atoms with E-state index in [1.807, 2.05) is 0 Å². The Labute approximate surface area is 123 Å². The number of anilines is 2. The summed E-state index contributed by atoms with van der Waals surface area (Å²) in [6.45, 7) is 2.13. The molecular weight excluding hydrogens is 272 g/mol. The number of aromatic nitrogens is 2. The van der Waals surface area contributed by atoms with Gasteiger partial charge in [0.2, 0.25) is 0 Å². The molecule has 0 radical (unpaired) electrons. The third kappa shape index (κ3) is 4.86. The molecule has 0 amide bonds. The van der Waals surface area contributed by atoms with Crippen LogP contribution in [0.4, 0.5) is 11.6 Å². The van der Waals surface area contributed by atoms with Crippen molar-refractivity contribution in [1.82, 2.24) is 9.97 Å². The molecule has 0 aromatic carbocycles. The molecule has 1 aliphatic rings. The van der Waals surface area contributed by atoms with Crippen molar-refractivity contribution < 1.29 is 15.0 Å². The molecule has 7 nitrogen and oxygen atoms in total. The van der Waals surface area contributed by atoms with Crippen molar-refractivity contribution in [3.63, 3.8) is 0 Å². The number of aliphatic hydroxyl groups is 1. The van der Waals surface area contributed by atoms with Gasteiger partial charge in [-0.2, -0.15) is 0 Å². The summed E-state index contributed by atoms with van der Waals surface area (Å²) >= 11 is 0. The quantitative estimate of drug-likeness (QED) is 0.627. The molecule has 1 unspecified atom stereocenters. The number of rotatable bonds is 6. The van der Waals surface area contributed by atoms with Crippen molar-refractivity contribution in [2.45, 2.75) is 44.8 Å². The van der Waals surface area contributed by atoms with Crippen LogP contribution in [0.5, 0.6) is 0 Å². The van der Waals surface area contributed by atoms with Crippen LogP contribution in [0.3, 0.4) is 0 Å². The normalized spacial score (nSPS) is 23.3. The zero-order valence-corrected chi connectivity index (χ0v) is 12.1. The van der Waals surface area contributed by atoms with E-state index in [4.69, 9.17) is 5.11 Å². The summed E-state index contributed by atoms with van der Waals surface area (Å²) in [5.74, 6) is 0.473. The topological polar surface area (TPSA) is 107 Å². The van der Waals surface area contributed by atoms with Crippen LogP contribution in [0.15, 0.2) is 12.4 Å². The first kappa shape index (κ1) is 15.5. The van der Waals surface area contributed by atoms with E-state index in [9.17, 15) is 9.90 Å². The number of carboxylic acid groups (broad SMARTS) is 1. The number of hydrogen-bond acceptors (Lipinski definition) is 6. The number of carboxylic acids is 1. The van der Waals surface area contributed by atoms with E-state index in [2.05, 4.69) is 20.6 Å². The number of nitrogens with one attached hydrogen (secondary N) is 2. The number of aliphatic hydroxyl groups excluding tert-OH is 1. The van der Waals surface area contributed by atoms with Crippen LogP contribution in [0.25, 0.3) is 0 Å². The lowest BCUT2D eigenvalue weighted by molar-refractivity contribution is -0.142. The smallest absolute Gasteiger partial charge is 0.306 e. The molecule has 0 aliphatic heterocycles. The second-order valence-electron chi connectivity index (χ2n) is 5.55. The van der Waals surface area contributed by atoms with Gasteiger partial charge in [0.25, 0.3) is 0 Å². The molecule has 2 rings (SSSR count). The van der Waals surface area contributed by atoms with Gasteiger partial charge in [0.05, 0.1) is 12.0 Å². The Balaban J connectivity index is 1.86. The van der Waals surface area contributed by atoms with Gasteiger partial charge >= 0.3 is 5.97 Å². The minimum atomic E-state index is -0.694. The predicted octanol–water partition coefficient (Wildman–Crippen LogP) is 1.32. The molecule has 1 aromatic heterocycles. The van der Waals surface area contributed by atoms with Gasteiger partial charge in [0, 0.05) is 18.7 Å². The maximum absolute atomic E-state index is 10.9. The first-order chi connectivity index (χ1) is 10.0. The van der Waals surface area contributed by atoms with Crippen molar-refractivity contribution in [1.29, 1.82) is 0 Å². The molecule has 0 spiro atoms. The van der Waals surface area contributed by atoms with Crippen LogP contribution in [-0.4, -0.2) is 44.8 Å². The summed E-state index contributed by atoms with van der Waals surface area (Å²) in [5, 5.41) is 24.6. The van der Waals surface area contributed by atoms with Gasteiger partial charge in [-0.3, -0.25) is 4.79 Å². The van der Waals surface area contributed by atoms with E-state index in [0.29, 0.717) is 25.2 Å². The molecular formula is C14H22N4O3. The lowest BCUT2D eigenvalue weighted by Gasteiger charge is -2.27. The number of nitrogens with zero attached hydrogens (tertiary/aromatic N) is 2. The average molecular weight is 294 g/mol. The highest BCUT2D eigenvalue weighted by atomic mass is 16.4. The van der Waals surface area contributed by atoms with E-state index in [1.165, 1.54) is 6.33 Å². The van der Waals surface area contributed by atoms with Gasteiger partial charge in [-0.15, -0.1) is 0 Å². The summed E-state index contributed by atoms with van der Waals surface area (Å²) in [6.07, 6.45) is 4.09. The molecule has 0 bridgehead atoms. The van der Waals surface area contributed by atoms with Crippen LogP contribution >= 0.6 is 0 Å². The summed E-state index contributed by atoms with van der Waals surface area (Å²) in [5.41, 5.74) is 0. The fourth-order valence-corrected chi connectivity index (χ4v) is 2.48. The van der Waals surface area contributed by atoms with Crippen molar-refractivity contribution in [2.24, 2.45) is 5.92 Å². The lowest BCUT2D eigenvalue weighted by atomic mass is 9.86. The van der Waals surface area contributed by atoms with Gasteiger partial charge in [0.15, 0.2) is 0 Å². The molecule has 1 atom stereocenters. The number of carbonyl (C=O) groups is 1. The molecule has 1 fully saturated rings. The Bertz CT molecular complexity index is 473. The van der Waals surface area contributed by atoms with Crippen molar-refractivity contribution in [3.8, 4) is 0 Å². The predicted molar refractivity (Wildman–Crippen MR) is 79.2 cm³/mol. The SMILES string of the molecule is CC(O)CNc1cc(NC2CCC(C(=O)O)CC2)ncn1. The lowest BCUT2D eigenvalue weighted by Crippen LogP contribution is -2.29. The highest BCUT2D eigenvalue weighted by Crippen LogP contribution is 2.26. The van der Waals surface area contributed by atoms with Crippen LogP contribution < -0.4 is 10.6 Å². The third-order valence-electron chi connectivity index (χ3n) is 3.67. The molecule has 1 aliphatic carbocycles. The Hall–Kier alpha value is -1.89. The first-order valence-electron chi connectivity index (χ1n) is 7.28. The molecule has 116 valence electrons. The minimum Gasteiger partial charge on any atom is -0.481 e. The monoisotopic (exact) mass is 294 g/mol. The molecule has 1 saturated carbocycles. The molecule has 0 saturated heterocycles. The first-order valence-corrected chi connectivity index (χ1v) is 7.28. The fraction of sp³-hybridized carbons (Fsp3) is 0.643. The number of aliphatic carboxylic acids is 1. The zero-order chi connectivity index (χ0) is 15.2. The average Bonchev–Trinajstić information content (AvgIpc) is 2.46. The van der Waals surface area contributed by atoms with E-state index in [-0.39, 0.29) is 12.0 Å². The summed E-state index contributed by atoms with van der Waals surface area (Å²) in [4.78, 5) is 19.2. The Kier molecular flexibility index (Phi) is 5.32. The Morgan fingerprint density at radius 2 is 2.00 bits per heavy atom. The zero-order valence-electron chi connectivity index (χ0n) is 12.1. The van der Waals surface area contributed by atoms with Crippen LogP contribution in [0.1, 0.15) is 32.6 Å². The van der Waals surface area contributed by atoms with Gasteiger partial charge in [-0.1, -0.05) is 0 Å². The second kappa shape index (κ2) is 7.21. The van der Waals surface area contributed by atoms with E-state index in [1.54, 1.807) is 13.0 Å². The van der Waals surface area contributed by atoms with Crippen molar-refractivity contribution in [3.05, 3.63) is 12.4 Å². The van der Waals surface area contributed by atoms with Gasteiger partial charge in [0.1, 0.15) is 18.0 Å². The van der Waals surface area contributed by atoms with Crippen LogP contribution in [0, 0.1) is 5.92 Å². The minimum absolute atomic E-state index is 0.211. The van der Waals surface area contributed by atoms with Gasteiger partial charge in [-0.05, 0) is 32.6 Å². The maximum Gasteiger partial charge on any atom is 0.306 e. The summed E-state index contributed by atoms with van der Waals surface area (Å²) in [7, 11) is 0. The molecule has 1 aromatic rings. The highest BCUT2D eigenvalue weighted by molar-refractivity contribution is 5.70. The Morgan fingerprint density at radius 1 is 1.33 bits per heavy atom. The summed E-state index contributed by atoms with van der Waals surface area (Å²) < 4.78 is 0. The standard InChI is InChI=1S/C14H22N4O3/c1-9(19)7-15-12-6-13(17-8-16-12)18-11-4-2-10(3-5-11)14(20)21/h6,8-11,19H,2-5,7H2,1H3,(H,20,21)(H2,15,16,17,18). The summed E-state index contributed by atoms with van der Waals surface area (Å²) in [6, 6.07) is 2.05. The van der Waals surface area contributed by atoms with Gasteiger partial charge < -0.3 is 20.8 Å². The van der Waals surface area contributed by atoms with Crippen LogP contribution in [0.2, 0.25) is 0 Å². The van der Waals surface area contributed by atoms with Crippen molar-refractivity contribution in [2.75, 3.05) is 17.2 Å². The van der Waals surface area contributed by atoms with Gasteiger partial charge in [-0.25, -0.2) is 9.97 Å². The van der Waals surface area contributed by atoms with Crippen molar-refractivity contribution >= 4 is 17.6 Å². The second-order valence-corrected chi connectivity index (χ2v) is 5.55. The maximum atomic E-state index is 10.9. The van der Waals surface area contributed by atoms with E-state index < -0.39 is 12.1 Å². The largest absolute Gasteiger partial charge is 0.481 e. The molecule has 7 heteroatoms. The molecule has 4 N–H and O–H groups in total.